The Balaban J connectivity index is 2.74. The monoisotopic (exact) mass is 202 g/mol. The first-order chi connectivity index (χ1) is 4.84. The van der Waals surface area contributed by atoms with Gasteiger partial charge >= 0.3 is 0 Å². The largest absolute Gasteiger partial charge is 0.618 e. The third kappa shape index (κ3) is 1.60. The van der Waals surface area contributed by atoms with Crippen molar-refractivity contribution in [3.63, 3.8) is 0 Å². The summed E-state index contributed by atoms with van der Waals surface area (Å²) < 4.78 is 0.828. The zero-order valence-electron chi connectivity index (χ0n) is 5.25. The van der Waals surface area contributed by atoms with Gasteiger partial charge in [0.1, 0.15) is 0 Å². The lowest BCUT2D eigenvalue weighted by atomic mass is 10.4. The van der Waals surface area contributed by atoms with Gasteiger partial charge in [-0.1, -0.05) is 15.9 Å². The summed E-state index contributed by atoms with van der Waals surface area (Å²) in [4.78, 5) is 1.64. The molecule has 0 aliphatic carbocycles. The van der Waals surface area contributed by atoms with Crippen molar-refractivity contribution in [2.24, 2.45) is 0 Å². The number of allylic oxidation sites excluding steroid dienone is 1. The van der Waals surface area contributed by atoms with Gasteiger partial charge in [-0.3, -0.25) is 0 Å². The van der Waals surface area contributed by atoms with Crippen molar-refractivity contribution in [3.8, 4) is 0 Å². The number of hydrogen-bond acceptors (Lipinski definition) is 2. The highest BCUT2D eigenvalue weighted by Gasteiger charge is 2.04. The average Bonchev–Trinajstić information content (AvgIpc) is 1.94. The van der Waals surface area contributed by atoms with Crippen LogP contribution in [0.25, 0.3) is 0 Å². The van der Waals surface area contributed by atoms with Gasteiger partial charge in [-0.2, -0.15) is 4.74 Å². The third-order valence-corrected chi connectivity index (χ3v) is 1.38. The van der Waals surface area contributed by atoms with Crippen LogP contribution in [0.5, 0.6) is 0 Å². The van der Waals surface area contributed by atoms with Gasteiger partial charge in [0.15, 0.2) is 6.21 Å². The summed E-state index contributed by atoms with van der Waals surface area (Å²) in [5.41, 5.74) is 0.600. The van der Waals surface area contributed by atoms with E-state index in [1.165, 1.54) is 6.21 Å². The van der Waals surface area contributed by atoms with Crippen molar-refractivity contribution < 1.29 is 4.74 Å². The van der Waals surface area contributed by atoms with Crippen molar-refractivity contribution in [3.05, 3.63) is 28.2 Å². The molecule has 1 aliphatic rings. The molecule has 10 heavy (non-hydrogen) atoms. The summed E-state index contributed by atoms with van der Waals surface area (Å²) in [7, 11) is 0. The molecule has 3 nitrogen and oxygen atoms in total. The van der Waals surface area contributed by atoms with Crippen LogP contribution in [-0.4, -0.2) is 17.5 Å². The van der Waals surface area contributed by atoms with Gasteiger partial charge in [0.2, 0.25) is 5.70 Å². The van der Waals surface area contributed by atoms with Gasteiger partial charge in [-0.15, -0.1) is 0 Å². The summed E-state index contributed by atoms with van der Waals surface area (Å²) in [6, 6.07) is 0. The number of hydroxylamine groups is 1. The molecule has 0 spiro atoms. The highest BCUT2D eigenvalue weighted by molar-refractivity contribution is 9.11. The van der Waals surface area contributed by atoms with Gasteiger partial charge in [-0.05, 0) is 4.99 Å². The molecule has 0 saturated heterocycles. The van der Waals surface area contributed by atoms with Gasteiger partial charge in [-0.25, -0.2) is 0 Å². The fraction of sp³-hybridized carbons (Fsp3) is 0.167. The third-order valence-electron chi connectivity index (χ3n) is 1.11. The van der Waals surface area contributed by atoms with Crippen molar-refractivity contribution in [1.82, 2.24) is 5.32 Å². The number of hydrogen-bond donors (Lipinski definition) is 1. The van der Waals surface area contributed by atoms with Crippen LogP contribution in [0, 0.1) is 5.21 Å². The average molecular weight is 203 g/mol. The first-order valence-corrected chi connectivity index (χ1v) is 3.76. The van der Waals surface area contributed by atoms with Crippen LogP contribution in [0.4, 0.5) is 0 Å². The highest BCUT2D eigenvalue weighted by atomic mass is 79.9. The quantitative estimate of drug-likeness (QED) is 0.508. The van der Waals surface area contributed by atoms with Crippen LogP contribution >= 0.6 is 15.9 Å². The Morgan fingerprint density at radius 3 is 3.20 bits per heavy atom. The molecule has 0 amide bonds. The predicted octanol–water partition coefficient (Wildman–Crippen LogP) is 0.921. The molecule has 0 bridgehead atoms. The van der Waals surface area contributed by atoms with Crippen LogP contribution in [-0.2, 0) is 0 Å². The predicted molar refractivity (Wildman–Crippen MR) is 43.8 cm³/mol. The fourth-order valence-electron chi connectivity index (χ4n) is 0.654. The van der Waals surface area contributed by atoms with Crippen molar-refractivity contribution in [1.29, 1.82) is 0 Å². The maximum atomic E-state index is 10.9. The molecule has 0 atom stereocenters. The number of rotatable bonds is 1. The summed E-state index contributed by atoms with van der Waals surface area (Å²) in [6.07, 6.45) is 4.88. The van der Waals surface area contributed by atoms with Crippen molar-refractivity contribution in [2.45, 2.75) is 0 Å². The van der Waals surface area contributed by atoms with Crippen LogP contribution in [0.1, 0.15) is 0 Å². The van der Waals surface area contributed by atoms with Crippen LogP contribution in [0.15, 0.2) is 23.0 Å². The molecular formula is C6H7BrN2O. The Kier molecular flexibility index (Phi) is 2.50. The standard InChI is InChI=1S/C6H7BrN2O/c7-2-1-6-5-8-3-4-9(6)10/h1-2,4-5,8H,3H2. The topological polar surface area (TPSA) is 38.1 Å². The number of nitrogens with one attached hydrogen (secondary N) is 1. The first-order valence-electron chi connectivity index (χ1n) is 2.84. The van der Waals surface area contributed by atoms with Crippen LogP contribution in [0.2, 0.25) is 0 Å². The van der Waals surface area contributed by atoms with Crippen molar-refractivity contribution in [2.75, 3.05) is 6.54 Å². The minimum Gasteiger partial charge on any atom is -0.618 e. The molecule has 54 valence electrons. The lowest BCUT2D eigenvalue weighted by Gasteiger charge is -2.07. The molecule has 1 heterocycles. The van der Waals surface area contributed by atoms with E-state index in [-0.39, 0.29) is 0 Å². The molecule has 1 rings (SSSR count). The SMILES string of the molecule is [O-][N+]1=CCNC=C1C=CBr. The molecule has 0 unspecified atom stereocenters. The van der Waals surface area contributed by atoms with E-state index in [1.807, 2.05) is 0 Å². The normalized spacial score (nSPS) is 18.1. The highest BCUT2D eigenvalue weighted by Crippen LogP contribution is 2.00. The van der Waals surface area contributed by atoms with Crippen molar-refractivity contribution >= 4 is 22.1 Å². The summed E-state index contributed by atoms with van der Waals surface area (Å²) >= 11 is 3.08. The minimum atomic E-state index is 0.600. The number of nitrogens with zero attached hydrogens (tertiary/aromatic N) is 1. The van der Waals surface area contributed by atoms with E-state index in [4.69, 9.17) is 0 Å². The summed E-state index contributed by atoms with van der Waals surface area (Å²) in [6.45, 7) is 0.600. The Bertz CT molecular complexity index is 208. The Hall–Kier alpha value is -0.770. The van der Waals surface area contributed by atoms with E-state index in [0.29, 0.717) is 12.2 Å². The molecule has 1 N–H and O–H groups in total. The molecule has 0 aromatic carbocycles. The van der Waals surface area contributed by atoms with E-state index in [1.54, 1.807) is 17.3 Å². The molecular weight excluding hydrogens is 196 g/mol. The molecule has 0 aromatic heterocycles. The zero-order valence-corrected chi connectivity index (χ0v) is 6.84. The van der Waals surface area contributed by atoms with Crippen LogP contribution < -0.4 is 5.32 Å². The molecule has 4 heteroatoms. The summed E-state index contributed by atoms with van der Waals surface area (Å²) in [5, 5.41) is 13.8. The van der Waals surface area contributed by atoms with E-state index >= 15 is 0 Å². The first kappa shape index (κ1) is 7.34. The van der Waals surface area contributed by atoms with E-state index < -0.39 is 0 Å². The van der Waals surface area contributed by atoms with Crippen LogP contribution in [0.3, 0.4) is 0 Å². The maximum Gasteiger partial charge on any atom is 0.232 e. The lowest BCUT2D eigenvalue weighted by Crippen LogP contribution is -2.21. The number of halogens is 1. The second kappa shape index (κ2) is 3.41. The second-order valence-corrected chi connectivity index (χ2v) is 2.31. The molecule has 1 aliphatic heterocycles. The Morgan fingerprint density at radius 1 is 1.80 bits per heavy atom. The molecule has 0 radical (unpaired) electrons. The molecule has 0 saturated carbocycles. The Labute approximate surface area is 67.4 Å². The Morgan fingerprint density at radius 2 is 2.60 bits per heavy atom. The van der Waals surface area contributed by atoms with E-state index in [9.17, 15) is 5.21 Å². The molecule has 0 fully saturated rings. The lowest BCUT2D eigenvalue weighted by molar-refractivity contribution is -0.393. The zero-order chi connectivity index (χ0) is 7.40. The van der Waals surface area contributed by atoms with Gasteiger partial charge in [0.05, 0.1) is 12.7 Å². The van der Waals surface area contributed by atoms with Gasteiger partial charge in [0, 0.05) is 6.08 Å². The van der Waals surface area contributed by atoms with E-state index in [2.05, 4.69) is 21.2 Å². The van der Waals surface area contributed by atoms with Gasteiger partial charge < -0.3 is 10.5 Å². The smallest absolute Gasteiger partial charge is 0.232 e. The summed E-state index contributed by atoms with van der Waals surface area (Å²) in [5.74, 6) is 0. The maximum absolute atomic E-state index is 10.9. The minimum absolute atomic E-state index is 0.600. The fourth-order valence-corrected chi connectivity index (χ4v) is 0.925. The van der Waals surface area contributed by atoms with Gasteiger partial charge in [0.25, 0.3) is 0 Å². The molecule has 0 aromatic rings. The second-order valence-electron chi connectivity index (χ2n) is 1.78. The van der Waals surface area contributed by atoms with E-state index in [0.717, 1.165) is 4.74 Å².